The lowest BCUT2D eigenvalue weighted by Crippen LogP contribution is -2.66. The van der Waals surface area contributed by atoms with Gasteiger partial charge in [0.1, 0.15) is 30.6 Å². The van der Waals surface area contributed by atoms with E-state index in [2.05, 4.69) is 49.0 Å². The molecule has 0 radical (unpaired) electrons. The van der Waals surface area contributed by atoms with Gasteiger partial charge in [-0.15, -0.1) is 11.3 Å². The number of nitrogens with zero attached hydrogens (tertiary/aromatic N) is 4. The second kappa shape index (κ2) is 21.5. The number of rotatable bonds is 18. The summed E-state index contributed by atoms with van der Waals surface area (Å²) in [6.45, 7) is 18.2. The number of aryl methyl sites for hydroxylation is 2. The zero-order chi connectivity index (χ0) is 49.8. The number of carbonyl (C=O) groups is 4. The molecule has 0 unspecified atom stereocenters. The Hall–Kier alpha value is -5.13. The Morgan fingerprint density at radius 3 is 2.29 bits per heavy atom. The van der Waals surface area contributed by atoms with Crippen molar-refractivity contribution < 1.29 is 33.8 Å². The molecule has 7 rings (SSSR count). The molecule has 2 amide bonds. The molecule has 368 valence electrons. The van der Waals surface area contributed by atoms with E-state index in [1.807, 2.05) is 81.7 Å². The first-order valence-corrected chi connectivity index (χ1v) is 25.5. The van der Waals surface area contributed by atoms with Crippen LogP contribution >= 0.6 is 22.9 Å². The van der Waals surface area contributed by atoms with Crippen LogP contribution in [0.25, 0.3) is 10.4 Å². The zero-order valence-electron chi connectivity index (χ0n) is 41.3. The van der Waals surface area contributed by atoms with E-state index < -0.39 is 29.5 Å². The van der Waals surface area contributed by atoms with Crippen LogP contribution in [0.3, 0.4) is 0 Å². The molecule has 1 saturated carbocycles. The van der Waals surface area contributed by atoms with Gasteiger partial charge in [-0.25, -0.2) is 4.98 Å². The van der Waals surface area contributed by atoms with Crippen LogP contribution in [0.2, 0.25) is 5.02 Å². The Morgan fingerprint density at radius 1 is 1.00 bits per heavy atom. The van der Waals surface area contributed by atoms with Crippen molar-refractivity contribution in [3.63, 3.8) is 0 Å². The van der Waals surface area contributed by atoms with Crippen LogP contribution in [0.4, 0.5) is 5.69 Å². The molecule has 12 nitrogen and oxygen atoms in total. The number of ketones is 2. The van der Waals surface area contributed by atoms with E-state index in [1.165, 1.54) is 4.90 Å². The van der Waals surface area contributed by atoms with Crippen molar-refractivity contribution in [1.29, 1.82) is 5.26 Å². The first-order chi connectivity index (χ1) is 32.7. The van der Waals surface area contributed by atoms with Crippen molar-refractivity contribution >= 4 is 52.0 Å². The van der Waals surface area contributed by atoms with Crippen molar-refractivity contribution in [3.05, 3.63) is 99.6 Å². The number of thiazole rings is 1. The number of nitrogens with one attached hydrogen (secondary N) is 1. The number of aliphatic hydroxyl groups is 1. The predicted molar refractivity (Wildman–Crippen MR) is 271 cm³/mol. The van der Waals surface area contributed by atoms with Crippen LogP contribution in [0, 0.1) is 46.3 Å². The summed E-state index contributed by atoms with van der Waals surface area (Å²) in [5.41, 5.74) is 5.91. The van der Waals surface area contributed by atoms with Crippen molar-refractivity contribution in [1.82, 2.24) is 15.2 Å². The summed E-state index contributed by atoms with van der Waals surface area (Å²) >= 11 is 7.87. The highest BCUT2D eigenvalue weighted by atomic mass is 35.5. The number of β-amino-alcohol motifs (C(OH)–C–C–N with tert-alkyl or cyclic N) is 1. The van der Waals surface area contributed by atoms with Gasteiger partial charge in [-0.3, -0.25) is 19.2 Å². The first-order valence-electron chi connectivity index (χ1n) is 24.3. The number of Topliss-reactive ketones (excluding diaryl/α,β-unsaturated/α-hetero) is 2. The third kappa shape index (κ3) is 11.9. The normalized spacial score (nSPS) is 21.5. The largest absolute Gasteiger partial charge is 0.489 e. The van der Waals surface area contributed by atoms with E-state index >= 15 is 0 Å². The number of anilines is 1. The zero-order valence-corrected chi connectivity index (χ0v) is 42.9. The number of aromatic nitrogens is 1. The molecule has 0 bridgehead atoms. The lowest BCUT2D eigenvalue weighted by molar-refractivity contribution is -0.196. The molecule has 3 atom stereocenters. The topological polar surface area (TPSA) is 162 Å². The number of hydrogen-bond donors (Lipinski definition) is 2. The number of halogens is 1. The number of piperidine rings is 1. The maximum Gasteiger partial charge on any atom is 0.246 e. The van der Waals surface area contributed by atoms with E-state index in [0.29, 0.717) is 47.3 Å². The van der Waals surface area contributed by atoms with Crippen LogP contribution in [0.15, 0.2) is 72.2 Å². The summed E-state index contributed by atoms with van der Waals surface area (Å²) < 4.78 is 12.3. The van der Waals surface area contributed by atoms with Crippen LogP contribution < -0.4 is 15.0 Å². The van der Waals surface area contributed by atoms with Crippen LogP contribution in [-0.4, -0.2) is 95.5 Å². The van der Waals surface area contributed by atoms with E-state index in [-0.39, 0.29) is 66.3 Å². The van der Waals surface area contributed by atoms with Gasteiger partial charge in [0.25, 0.3) is 0 Å². The molecule has 3 heterocycles. The molecule has 2 aliphatic heterocycles. The minimum absolute atomic E-state index is 0.0385. The third-order valence-corrected chi connectivity index (χ3v) is 16.2. The van der Waals surface area contributed by atoms with Gasteiger partial charge >= 0.3 is 0 Å². The highest BCUT2D eigenvalue weighted by molar-refractivity contribution is 7.13. The fourth-order valence-corrected chi connectivity index (χ4v) is 12.1. The van der Waals surface area contributed by atoms with Gasteiger partial charge < -0.3 is 29.7 Å². The summed E-state index contributed by atoms with van der Waals surface area (Å²) in [6.07, 6.45) is 3.13. The highest BCUT2D eigenvalue weighted by Gasteiger charge is 2.63. The lowest BCUT2D eigenvalue weighted by atomic mass is 9.44. The third-order valence-electron chi connectivity index (χ3n) is 14.9. The summed E-state index contributed by atoms with van der Waals surface area (Å²) in [6, 6.07) is 21.6. The lowest BCUT2D eigenvalue weighted by Gasteiger charge is -2.63. The van der Waals surface area contributed by atoms with Crippen molar-refractivity contribution in [2.45, 2.75) is 125 Å². The van der Waals surface area contributed by atoms with Gasteiger partial charge in [-0.1, -0.05) is 84.3 Å². The Morgan fingerprint density at radius 2 is 1.68 bits per heavy atom. The molecule has 2 saturated heterocycles. The van der Waals surface area contributed by atoms with Crippen LogP contribution in [-0.2, 0) is 25.5 Å². The predicted octanol–water partition coefficient (Wildman–Crippen LogP) is 9.66. The minimum atomic E-state index is -0.911. The van der Waals surface area contributed by atoms with E-state index in [0.717, 1.165) is 59.7 Å². The first kappa shape index (κ1) is 51.7. The Labute approximate surface area is 416 Å². The number of benzene rings is 3. The molecule has 3 aliphatic rings. The average Bonchev–Trinajstić information content (AvgIpc) is 3.94. The van der Waals surface area contributed by atoms with Crippen LogP contribution in [0.5, 0.6) is 5.75 Å². The maximum absolute atomic E-state index is 14.1. The summed E-state index contributed by atoms with van der Waals surface area (Å²) in [5.74, 6) is 0.383. The number of aliphatic hydroxyl groups excluding tert-OH is 1. The van der Waals surface area contributed by atoms with Gasteiger partial charge in [0, 0.05) is 73.7 Å². The molecule has 3 aromatic carbocycles. The van der Waals surface area contributed by atoms with Crippen molar-refractivity contribution in [2.24, 2.45) is 28.1 Å². The number of hydrogen-bond acceptors (Lipinski definition) is 11. The molecule has 69 heavy (non-hydrogen) atoms. The van der Waals surface area contributed by atoms with Gasteiger partial charge in [-0.2, -0.15) is 5.26 Å². The SMILES string of the molecule is Cc1ncsc1-c1ccc(CCC(=O)[C@@H]2C[C@@H](O)CN2C(=O)[C@@H](NC(=O)COCCC2CCN(c3ccc(C(=O)CC4C(C)(C)C(Oc5ccc(C#N)c(Cl)c5)C4(C)C)cc3)CC2)C(C)(C)C)cc1. The second-order valence-corrected chi connectivity index (χ2v) is 22.8. The Kier molecular flexibility index (Phi) is 16.1. The minimum Gasteiger partial charge on any atom is -0.489 e. The smallest absolute Gasteiger partial charge is 0.246 e. The molecule has 3 fully saturated rings. The fourth-order valence-electron chi connectivity index (χ4n) is 11.1. The summed E-state index contributed by atoms with van der Waals surface area (Å²) in [7, 11) is 0. The number of ether oxygens (including phenoxy) is 2. The van der Waals surface area contributed by atoms with Gasteiger partial charge in [-0.05, 0) is 97.4 Å². The fraction of sp³-hybridized carbons (Fsp3) is 0.527. The Balaban J connectivity index is 0.823. The molecular formula is C55H68ClN5O7S. The average molecular weight is 979 g/mol. The Bertz CT molecular complexity index is 2500. The molecule has 0 spiro atoms. The second-order valence-electron chi connectivity index (χ2n) is 21.6. The number of carbonyl (C=O) groups excluding carboxylic acids is 4. The van der Waals surface area contributed by atoms with E-state index in [4.69, 9.17) is 21.1 Å². The van der Waals surface area contributed by atoms with Gasteiger partial charge in [0.15, 0.2) is 11.6 Å². The van der Waals surface area contributed by atoms with Gasteiger partial charge in [0.2, 0.25) is 11.8 Å². The molecule has 14 heteroatoms. The van der Waals surface area contributed by atoms with E-state index in [9.17, 15) is 29.5 Å². The maximum atomic E-state index is 14.1. The quantitative estimate of drug-likeness (QED) is 0.0726. The van der Waals surface area contributed by atoms with Crippen molar-refractivity contribution in [2.75, 3.05) is 37.7 Å². The van der Waals surface area contributed by atoms with Crippen molar-refractivity contribution in [3.8, 4) is 22.3 Å². The number of amides is 2. The standard InChI is InChI=1S/C55H68ClN5O7S/c1-34-49(69-33-58-34)38-12-9-35(10-13-38)11-20-45(63)44-27-41(62)31-61(44)51(66)50(53(2,3)4)59-48(65)32-67-26-23-36-21-24-60(25-22-36)40-17-14-37(15-18-40)46(64)29-47-54(5,6)52(55(47,7)8)68-42-19-16-39(30-57)43(56)28-42/h9-10,12-19,28,33,36,41,44,47,50,52,62H,11,20-27,29,31-32H2,1-8H3,(H,59,65)/t41-,44+,47?,50-,52?/m1/s1. The highest BCUT2D eigenvalue weighted by Crippen LogP contribution is 2.62. The molecular weight excluding hydrogens is 910 g/mol. The van der Waals surface area contributed by atoms with Crippen LogP contribution in [0.1, 0.15) is 114 Å². The molecule has 4 aromatic rings. The molecule has 2 N–H and O–H groups in total. The number of nitriles is 1. The summed E-state index contributed by atoms with van der Waals surface area (Å²) in [5, 5.41) is 23.1. The molecule has 1 aromatic heterocycles. The number of likely N-dealkylation sites (tertiary alicyclic amines) is 1. The monoisotopic (exact) mass is 977 g/mol. The summed E-state index contributed by atoms with van der Waals surface area (Å²) in [4.78, 5) is 63.8. The van der Waals surface area contributed by atoms with E-state index in [1.54, 1.807) is 29.5 Å². The molecule has 1 aliphatic carbocycles. The van der Waals surface area contributed by atoms with Gasteiger partial charge in [0.05, 0.1) is 38.8 Å².